The normalized spacial score (nSPS) is 14.7. The quantitative estimate of drug-likeness (QED) is 0.777. The summed E-state index contributed by atoms with van der Waals surface area (Å²) in [5.74, 6) is 1.59. The van der Waals surface area contributed by atoms with E-state index >= 15 is 0 Å². The van der Waals surface area contributed by atoms with E-state index in [-0.39, 0.29) is 0 Å². The SMILES string of the molecule is Cc1nc2ncnc(Nc3ccc(N4CCCC4)cc3)c2[nH]1. The Hall–Kier alpha value is -2.63. The van der Waals surface area contributed by atoms with E-state index in [0.717, 1.165) is 35.9 Å². The Morgan fingerprint density at radius 1 is 1.09 bits per heavy atom. The van der Waals surface area contributed by atoms with Gasteiger partial charge in [0, 0.05) is 24.5 Å². The molecule has 0 unspecified atom stereocenters. The molecule has 0 amide bonds. The van der Waals surface area contributed by atoms with Crippen LogP contribution in [0.5, 0.6) is 0 Å². The zero-order valence-corrected chi connectivity index (χ0v) is 12.5. The summed E-state index contributed by atoms with van der Waals surface area (Å²) in [6, 6.07) is 8.49. The first-order valence-corrected chi connectivity index (χ1v) is 7.59. The van der Waals surface area contributed by atoms with Gasteiger partial charge in [0.2, 0.25) is 0 Å². The molecule has 6 nitrogen and oxygen atoms in total. The van der Waals surface area contributed by atoms with Crippen LogP contribution in [-0.4, -0.2) is 33.0 Å². The number of aryl methyl sites for hydroxylation is 1. The number of rotatable bonds is 3. The molecule has 0 atom stereocenters. The van der Waals surface area contributed by atoms with Crippen molar-refractivity contribution in [1.82, 2.24) is 19.9 Å². The van der Waals surface area contributed by atoms with Crippen LogP contribution in [-0.2, 0) is 0 Å². The fourth-order valence-corrected chi connectivity index (χ4v) is 2.91. The number of nitrogens with zero attached hydrogens (tertiary/aromatic N) is 4. The van der Waals surface area contributed by atoms with Gasteiger partial charge < -0.3 is 15.2 Å². The summed E-state index contributed by atoms with van der Waals surface area (Å²) < 4.78 is 0. The monoisotopic (exact) mass is 294 g/mol. The number of fused-ring (bicyclic) bond motifs is 1. The molecule has 3 heterocycles. The average molecular weight is 294 g/mol. The van der Waals surface area contributed by atoms with Gasteiger partial charge in [0.25, 0.3) is 0 Å². The van der Waals surface area contributed by atoms with Crippen molar-refractivity contribution in [3.63, 3.8) is 0 Å². The zero-order chi connectivity index (χ0) is 14.9. The summed E-state index contributed by atoms with van der Waals surface area (Å²) in [7, 11) is 0. The lowest BCUT2D eigenvalue weighted by molar-refractivity contribution is 0.949. The Balaban J connectivity index is 1.59. The van der Waals surface area contributed by atoms with Crippen molar-refractivity contribution in [3.05, 3.63) is 36.4 Å². The molecule has 1 aliphatic heterocycles. The Morgan fingerprint density at radius 2 is 1.86 bits per heavy atom. The Morgan fingerprint density at radius 3 is 2.64 bits per heavy atom. The summed E-state index contributed by atoms with van der Waals surface area (Å²) >= 11 is 0. The van der Waals surface area contributed by atoms with Gasteiger partial charge in [-0.15, -0.1) is 0 Å². The van der Waals surface area contributed by atoms with Crippen molar-refractivity contribution >= 4 is 28.4 Å². The molecule has 22 heavy (non-hydrogen) atoms. The van der Waals surface area contributed by atoms with Gasteiger partial charge >= 0.3 is 0 Å². The number of anilines is 3. The maximum absolute atomic E-state index is 4.33. The molecular formula is C16H18N6. The van der Waals surface area contributed by atoms with Crippen LogP contribution in [0.1, 0.15) is 18.7 Å². The van der Waals surface area contributed by atoms with Gasteiger partial charge in [-0.05, 0) is 44.0 Å². The molecule has 0 radical (unpaired) electrons. The zero-order valence-electron chi connectivity index (χ0n) is 12.5. The van der Waals surface area contributed by atoms with Crippen LogP contribution in [0.2, 0.25) is 0 Å². The highest BCUT2D eigenvalue weighted by Crippen LogP contribution is 2.25. The summed E-state index contributed by atoms with van der Waals surface area (Å²) in [5.41, 5.74) is 3.82. The van der Waals surface area contributed by atoms with Crippen LogP contribution < -0.4 is 10.2 Å². The third kappa shape index (κ3) is 2.36. The number of hydrogen-bond acceptors (Lipinski definition) is 5. The Bertz CT molecular complexity index is 786. The van der Waals surface area contributed by atoms with Gasteiger partial charge in [-0.2, -0.15) is 0 Å². The number of imidazole rings is 1. The Labute approximate surface area is 128 Å². The first-order chi connectivity index (χ1) is 10.8. The second kappa shape index (κ2) is 5.29. The van der Waals surface area contributed by atoms with E-state index in [0.29, 0.717) is 5.65 Å². The molecule has 4 rings (SSSR count). The smallest absolute Gasteiger partial charge is 0.183 e. The van der Waals surface area contributed by atoms with Crippen LogP contribution in [0.15, 0.2) is 30.6 Å². The largest absolute Gasteiger partial charge is 0.372 e. The number of nitrogens with one attached hydrogen (secondary N) is 2. The van der Waals surface area contributed by atoms with Gasteiger partial charge in [-0.1, -0.05) is 0 Å². The molecule has 1 aliphatic rings. The van der Waals surface area contributed by atoms with Crippen molar-refractivity contribution in [3.8, 4) is 0 Å². The highest BCUT2D eigenvalue weighted by Gasteiger charge is 2.12. The highest BCUT2D eigenvalue weighted by atomic mass is 15.1. The fourth-order valence-electron chi connectivity index (χ4n) is 2.91. The molecular weight excluding hydrogens is 276 g/mol. The molecule has 3 aromatic rings. The number of benzene rings is 1. The number of H-pyrrole nitrogens is 1. The van der Waals surface area contributed by atoms with Crippen molar-refractivity contribution in [2.45, 2.75) is 19.8 Å². The lowest BCUT2D eigenvalue weighted by Crippen LogP contribution is -2.17. The fraction of sp³-hybridized carbons (Fsp3) is 0.312. The van der Waals surface area contributed by atoms with E-state index in [1.165, 1.54) is 24.9 Å². The first kappa shape index (κ1) is 13.1. The van der Waals surface area contributed by atoms with Crippen molar-refractivity contribution in [1.29, 1.82) is 0 Å². The molecule has 6 heteroatoms. The van der Waals surface area contributed by atoms with Crippen LogP contribution in [0.25, 0.3) is 11.2 Å². The minimum atomic E-state index is 0.684. The summed E-state index contributed by atoms with van der Waals surface area (Å²) in [6.07, 6.45) is 4.11. The predicted molar refractivity (Wildman–Crippen MR) is 87.6 cm³/mol. The van der Waals surface area contributed by atoms with E-state index in [2.05, 4.69) is 54.4 Å². The predicted octanol–water partition coefficient (Wildman–Crippen LogP) is 3.01. The average Bonchev–Trinajstić information content (AvgIpc) is 3.17. The van der Waals surface area contributed by atoms with Gasteiger partial charge in [-0.25, -0.2) is 15.0 Å². The van der Waals surface area contributed by atoms with Gasteiger partial charge in [-0.3, -0.25) is 0 Å². The molecule has 0 bridgehead atoms. The van der Waals surface area contributed by atoms with E-state index in [4.69, 9.17) is 0 Å². The second-order valence-electron chi connectivity index (χ2n) is 5.61. The molecule has 2 N–H and O–H groups in total. The third-order valence-electron chi connectivity index (χ3n) is 4.01. The molecule has 112 valence electrons. The van der Waals surface area contributed by atoms with Gasteiger partial charge in [0.1, 0.15) is 17.7 Å². The molecule has 0 aliphatic carbocycles. The number of aromatic amines is 1. The molecule has 0 saturated carbocycles. The maximum Gasteiger partial charge on any atom is 0.183 e. The van der Waals surface area contributed by atoms with Crippen LogP contribution in [0, 0.1) is 6.92 Å². The Kier molecular flexibility index (Phi) is 3.14. The van der Waals surface area contributed by atoms with E-state index in [1.54, 1.807) is 0 Å². The summed E-state index contributed by atoms with van der Waals surface area (Å²) in [6.45, 7) is 4.23. The van der Waals surface area contributed by atoms with Gasteiger partial charge in [0.15, 0.2) is 11.5 Å². The van der Waals surface area contributed by atoms with Crippen molar-refractivity contribution in [2.24, 2.45) is 0 Å². The van der Waals surface area contributed by atoms with Crippen LogP contribution >= 0.6 is 0 Å². The maximum atomic E-state index is 4.33. The molecule has 1 fully saturated rings. The lowest BCUT2D eigenvalue weighted by Gasteiger charge is -2.17. The highest BCUT2D eigenvalue weighted by molar-refractivity contribution is 5.85. The molecule has 2 aromatic heterocycles. The second-order valence-corrected chi connectivity index (χ2v) is 5.61. The third-order valence-corrected chi connectivity index (χ3v) is 4.01. The molecule has 1 aromatic carbocycles. The van der Waals surface area contributed by atoms with Crippen LogP contribution in [0.3, 0.4) is 0 Å². The molecule has 1 saturated heterocycles. The first-order valence-electron chi connectivity index (χ1n) is 7.59. The van der Waals surface area contributed by atoms with Crippen LogP contribution in [0.4, 0.5) is 17.2 Å². The van der Waals surface area contributed by atoms with E-state index in [1.807, 2.05) is 6.92 Å². The topological polar surface area (TPSA) is 69.7 Å². The van der Waals surface area contributed by atoms with Crippen molar-refractivity contribution < 1.29 is 0 Å². The minimum Gasteiger partial charge on any atom is -0.372 e. The summed E-state index contributed by atoms with van der Waals surface area (Å²) in [4.78, 5) is 18.4. The number of hydrogen-bond donors (Lipinski definition) is 2. The van der Waals surface area contributed by atoms with Crippen molar-refractivity contribution in [2.75, 3.05) is 23.3 Å². The standard InChI is InChI=1S/C16H18N6/c1-11-19-14-15(20-11)17-10-18-16(14)21-12-4-6-13(7-5-12)22-8-2-3-9-22/h4-7,10H,2-3,8-9H2,1H3,(H2,17,18,19,20,21). The number of aromatic nitrogens is 4. The van der Waals surface area contributed by atoms with E-state index in [9.17, 15) is 0 Å². The van der Waals surface area contributed by atoms with E-state index < -0.39 is 0 Å². The molecule has 0 spiro atoms. The lowest BCUT2D eigenvalue weighted by atomic mass is 10.2. The van der Waals surface area contributed by atoms with Gasteiger partial charge in [0.05, 0.1) is 0 Å². The minimum absolute atomic E-state index is 0.684. The summed E-state index contributed by atoms with van der Waals surface area (Å²) in [5, 5.41) is 3.34.